The van der Waals surface area contributed by atoms with Crippen molar-refractivity contribution in [1.82, 2.24) is 19.5 Å². The number of fused-ring (bicyclic) bond motifs is 11. The Bertz CT molecular complexity index is 3250. The zero-order valence-corrected chi connectivity index (χ0v) is 28.5. The first-order chi connectivity index (χ1) is 26.3. The van der Waals surface area contributed by atoms with E-state index in [9.17, 15) is 0 Å². The maximum Gasteiger partial charge on any atom is 0.238 e. The van der Waals surface area contributed by atoms with Crippen LogP contribution in [0, 0.1) is 0 Å². The van der Waals surface area contributed by atoms with Gasteiger partial charge in [-0.15, -0.1) is 0 Å². The van der Waals surface area contributed by atoms with Gasteiger partial charge >= 0.3 is 0 Å². The monoisotopic (exact) mass is 672 g/mol. The van der Waals surface area contributed by atoms with Crippen molar-refractivity contribution in [3.05, 3.63) is 170 Å². The van der Waals surface area contributed by atoms with Gasteiger partial charge in [-0.05, 0) is 77.5 Å². The number of hydrogen-bond donors (Lipinski definition) is 0. The Morgan fingerprint density at radius 1 is 0.302 bits per heavy atom. The standard InChI is InChI=1S/C49H28N4/c1-4-17-32-29(12-1)15-9-23-38(32)47-50-48(39-24-10-16-30-13-2-5-18-33(30)39)52-49(51-47)53-42-27-26-31-14-3-6-19-34(31)45(42)46-40-25-11-22-37-35-20-7-8-21-36(35)41(44(37)40)28-43(46)53/h1-28H. The fourth-order valence-corrected chi connectivity index (χ4v) is 8.90. The molecule has 0 saturated heterocycles. The molecule has 53 heavy (non-hydrogen) atoms. The molecule has 2 aromatic heterocycles. The average Bonchev–Trinajstić information content (AvgIpc) is 3.74. The average molecular weight is 673 g/mol. The summed E-state index contributed by atoms with van der Waals surface area (Å²) >= 11 is 0. The highest BCUT2D eigenvalue weighted by Crippen LogP contribution is 2.51. The maximum atomic E-state index is 5.42. The minimum absolute atomic E-state index is 0.593. The highest BCUT2D eigenvalue weighted by molar-refractivity contribution is 6.33. The zero-order valence-electron chi connectivity index (χ0n) is 28.5. The second kappa shape index (κ2) is 10.7. The Labute approximate surface area is 304 Å². The van der Waals surface area contributed by atoms with Gasteiger partial charge in [-0.25, -0.2) is 4.98 Å². The molecule has 0 atom stereocenters. The molecular formula is C49H28N4. The van der Waals surface area contributed by atoms with E-state index in [2.05, 4.69) is 174 Å². The zero-order chi connectivity index (χ0) is 34.6. The smallest absolute Gasteiger partial charge is 0.238 e. The summed E-state index contributed by atoms with van der Waals surface area (Å²) < 4.78 is 2.28. The van der Waals surface area contributed by atoms with E-state index in [0.717, 1.165) is 43.7 Å². The molecule has 244 valence electrons. The molecule has 0 amide bonds. The third-order valence-corrected chi connectivity index (χ3v) is 11.2. The van der Waals surface area contributed by atoms with Crippen molar-refractivity contribution in [1.29, 1.82) is 0 Å². The summed E-state index contributed by atoms with van der Waals surface area (Å²) in [4.78, 5) is 16.1. The quantitative estimate of drug-likeness (QED) is 0.188. The molecule has 4 heteroatoms. The van der Waals surface area contributed by atoms with Gasteiger partial charge in [-0.1, -0.05) is 158 Å². The fraction of sp³-hybridized carbons (Fsp3) is 0. The van der Waals surface area contributed by atoms with E-state index in [-0.39, 0.29) is 0 Å². The first-order valence-electron chi connectivity index (χ1n) is 18.0. The molecule has 12 rings (SSSR count). The van der Waals surface area contributed by atoms with Crippen molar-refractivity contribution >= 4 is 64.9 Å². The van der Waals surface area contributed by atoms with Gasteiger partial charge in [0.05, 0.1) is 11.0 Å². The summed E-state index contributed by atoms with van der Waals surface area (Å²) in [5.74, 6) is 1.88. The third-order valence-electron chi connectivity index (χ3n) is 11.2. The molecule has 0 fully saturated rings. The molecule has 0 bridgehead atoms. The van der Waals surface area contributed by atoms with Crippen molar-refractivity contribution in [2.75, 3.05) is 0 Å². The molecule has 11 aromatic rings. The van der Waals surface area contributed by atoms with E-state index in [1.54, 1.807) is 0 Å². The van der Waals surface area contributed by atoms with Crippen molar-refractivity contribution in [3.8, 4) is 51.0 Å². The Morgan fingerprint density at radius 3 is 1.45 bits per heavy atom. The van der Waals surface area contributed by atoms with Crippen LogP contribution in [0.1, 0.15) is 0 Å². The van der Waals surface area contributed by atoms with Gasteiger partial charge < -0.3 is 0 Å². The van der Waals surface area contributed by atoms with E-state index in [4.69, 9.17) is 15.0 Å². The molecule has 1 aliphatic rings. The van der Waals surface area contributed by atoms with Crippen LogP contribution in [0.5, 0.6) is 0 Å². The van der Waals surface area contributed by atoms with Crippen molar-refractivity contribution < 1.29 is 0 Å². The number of hydrogen-bond acceptors (Lipinski definition) is 3. The van der Waals surface area contributed by atoms with E-state index in [1.165, 1.54) is 54.6 Å². The van der Waals surface area contributed by atoms with E-state index < -0.39 is 0 Å². The van der Waals surface area contributed by atoms with Crippen LogP contribution in [0.25, 0.3) is 116 Å². The minimum atomic E-state index is 0.593. The molecule has 0 radical (unpaired) electrons. The molecule has 0 saturated carbocycles. The SMILES string of the molecule is c1ccc2c(c1)-c1cccc3c1c-2cc1c3c2c3ccccc3ccc2n1-c1nc(-c2cccc3ccccc23)nc(-c2cccc3ccccc23)n1. The van der Waals surface area contributed by atoms with Gasteiger partial charge in [-0.2, -0.15) is 9.97 Å². The van der Waals surface area contributed by atoms with Gasteiger partial charge in [0, 0.05) is 21.9 Å². The molecular weight excluding hydrogens is 645 g/mol. The van der Waals surface area contributed by atoms with Crippen LogP contribution in [-0.4, -0.2) is 19.5 Å². The molecule has 9 aromatic carbocycles. The first-order valence-corrected chi connectivity index (χ1v) is 18.0. The number of nitrogens with zero attached hydrogens (tertiary/aromatic N) is 4. The fourth-order valence-electron chi connectivity index (χ4n) is 8.90. The highest BCUT2D eigenvalue weighted by Gasteiger charge is 2.27. The van der Waals surface area contributed by atoms with Gasteiger partial charge in [0.1, 0.15) is 0 Å². The largest absolute Gasteiger partial charge is 0.278 e. The van der Waals surface area contributed by atoms with E-state index in [1.807, 2.05) is 0 Å². The minimum Gasteiger partial charge on any atom is -0.278 e. The summed E-state index contributed by atoms with van der Waals surface area (Å²) in [5.41, 5.74) is 9.15. The normalized spacial score (nSPS) is 12.2. The summed E-state index contributed by atoms with van der Waals surface area (Å²) in [6.45, 7) is 0. The topological polar surface area (TPSA) is 43.6 Å². The number of aromatic nitrogens is 4. The summed E-state index contributed by atoms with van der Waals surface area (Å²) in [7, 11) is 0. The second-order valence-corrected chi connectivity index (χ2v) is 13.9. The molecule has 0 unspecified atom stereocenters. The van der Waals surface area contributed by atoms with Crippen LogP contribution < -0.4 is 0 Å². The van der Waals surface area contributed by atoms with Crippen LogP contribution in [-0.2, 0) is 0 Å². The van der Waals surface area contributed by atoms with Crippen molar-refractivity contribution in [2.45, 2.75) is 0 Å². The van der Waals surface area contributed by atoms with Crippen molar-refractivity contribution in [2.24, 2.45) is 0 Å². The lowest BCUT2D eigenvalue weighted by Gasteiger charge is -2.13. The van der Waals surface area contributed by atoms with Crippen LogP contribution in [0.4, 0.5) is 0 Å². The summed E-state index contributed by atoms with van der Waals surface area (Å²) in [6.07, 6.45) is 0. The first kappa shape index (κ1) is 28.5. The molecule has 0 N–H and O–H groups in total. The lowest BCUT2D eigenvalue weighted by molar-refractivity contribution is 0.955. The predicted molar refractivity (Wildman–Crippen MR) is 219 cm³/mol. The molecule has 0 spiro atoms. The van der Waals surface area contributed by atoms with Gasteiger partial charge in [0.25, 0.3) is 0 Å². The number of benzene rings is 9. The van der Waals surface area contributed by atoms with Crippen molar-refractivity contribution in [3.63, 3.8) is 0 Å². The Kier molecular flexibility index (Phi) is 5.74. The van der Waals surface area contributed by atoms with Crippen LogP contribution in [0.3, 0.4) is 0 Å². The maximum absolute atomic E-state index is 5.42. The Hall–Kier alpha value is -7.17. The second-order valence-electron chi connectivity index (χ2n) is 13.9. The van der Waals surface area contributed by atoms with Crippen LogP contribution >= 0.6 is 0 Å². The van der Waals surface area contributed by atoms with E-state index >= 15 is 0 Å². The van der Waals surface area contributed by atoms with Crippen LogP contribution in [0.15, 0.2) is 170 Å². The molecule has 1 aliphatic carbocycles. The molecule has 0 aliphatic heterocycles. The van der Waals surface area contributed by atoms with Crippen LogP contribution in [0.2, 0.25) is 0 Å². The Morgan fingerprint density at radius 2 is 0.774 bits per heavy atom. The lowest BCUT2D eigenvalue weighted by Crippen LogP contribution is -2.07. The van der Waals surface area contributed by atoms with E-state index in [0.29, 0.717) is 17.6 Å². The number of rotatable bonds is 3. The summed E-state index contributed by atoms with van der Waals surface area (Å²) in [5, 5.41) is 11.9. The van der Waals surface area contributed by atoms with Gasteiger partial charge in [-0.3, -0.25) is 4.57 Å². The summed E-state index contributed by atoms with van der Waals surface area (Å²) in [6, 6.07) is 60.7. The lowest BCUT2D eigenvalue weighted by atomic mass is 9.96. The Balaban J connectivity index is 1.26. The highest BCUT2D eigenvalue weighted by atomic mass is 15.2. The van der Waals surface area contributed by atoms with Gasteiger partial charge in [0.2, 0.25) is 5.95 Å². The molecule has 4 nitrogen and oxygen atoms in total. The van der Waals surface area contributed by atoms with Gasteiger partial charge in [0.15, 0.2) is 11.6 Å². The third kappa shape index (κ3) is 3.98. The molecule has 2 heterocycles. The predicted octanol–water partition coefficient (Wildman–Crippen LogP) is 12.6.